The van der Waals surface area contributed by atoms with Crippen molar-refractivity contribution in [2.75, 3.05) is 0 Å². The van der Waals surface area contributed by atoms with Crippen molar-refractivity contribution in [3.8, 4) is 0 Å². The van der Waals surface area contributed by atoms with Crippen molar-refractivity contribution in [2.24, 2.45) is 4.99 Å². The van der Waals surface area contributed by atoms with Crippen molar-refractivity contribution in [2.45, 2.75) is 19.6 Å². The van der Waals surface area contributed by atoms with Crippen LogP contribution in [0.25, 0.3) is 0 Å². The molecule has 0 aliphatic carbocycles. The van der Waals surface area contributed by atoms with Crippen LogP contribution in [0, 0.1) is 0 Å². The molecule has 0 amide bonds. The van der Waals surface area contributed by atoms with Gasteiger partial charge in [-0.05, 0) is 13.8 Å². The first-order chi connectivity index (χ1) is 3.06. The Kier molecular flexibility index (Phi) is 2.26. The Labute approximate surface area is 47.8 Å². The lowest BCUT2D eigenvalue weighted by molar-refractivity contribution is 0.0917. The molecule has 0 aliphatic rings. The fraction of sp³-hybridized carbons (Fsp3) is 0.750. The molecule has 0 unspecified atom stereocenters. The van der Waals surface area contributed by atoms with Gasteiger partial charge in [-0.3, -0.25) is 0 Å². The van der Waals surface area contributed by atoms with Crippen LogP contribution in [0.1, 0.15) is 13.8 Å². The second-order valence-corrected chi connectivity index (χ2v) is 1.92. The maximum atomic E-state index is 8.74. The van der Waals surface area contributed by atoms with E-state index in [0.29, 0.717) is 0 Å². The topological polar surface area (TPSA) is 32.6 Å². The zero-order valence-electron chi connectivity index (χ0n) is 4.35. The van der Waals surface area contributed by atoms with Crippen LogP contribution in [0.2, 0.25) is 0 Å². The summed E-state index contributed by atoms with van der Waals surface area (Å²) in [5.41, 5.74) is 0.0434. The van der Waals surface area contributed by atoms with E-state index in [1.807, 2.05) is 0 Å². The summed E-state index contributed by atoms with van der Waals surface area (Å²) in [6.45, 7) is 3.10. The van der Waals surface area contributed by atoms with Gasteiger partial charge in [0.15, 0.2) is 5.72 Å². The summed E-state index contributed by atoms with van der Waals surface area (Å²) in [6.07, 6.45) is 0. The largest absolute Gasteiger partial charge is 0.370 e. The predicted octanol–water partition coefficient (Wildman–Crippen LogP) is 0.982. The summed E-state index contributed by atoms with van der Waals surface area (Å²) in [5.74, 6) is 0. The summed E-state index contributed by atoms with van der Waals surface area (Å²) in [5, 5.41) is 8.74. The number of halogens is 1. The molecule has 0 saturated heterocycles. The van der Waals surface area contributed by atoms with Gasteiger partial charge < -0.3 is 5.11 Å². The van der Waals surface area contributed by atoms with E-state index in [9.17, 15) is 0 Å². The Morgan fingerprint density at radius 1 is 1.71 bits per heavy atom. The Hall–Kier alpha value is -0.0800. The zero-order valence-corrected chi connectivity index (χ0v) is 5.11. The first kappa shape index (κ1) is 6.92. The van der Waals surface area contributed by atoms with Crippen molar-refractivity contribution < 1.29 is 5.11 Å². The lowest BCUT2D eigenvalue weighted by Gasteiger charge is -2.07. The lowest BCUT2D eigenvalue weighted by atomic mass is 10.3. The summed E-state index contributed by atoms with van der Waals surface area (Å²) in [7, 11) is 0. The highest BCUT2D eigenvalue weighted by molar-refractivity contribution is 6.56. The Morgan fingerprint density at radius 3 is 2.14 bits per heavy atom. The fourth-order valence-corrected chi connectivity index (χ4v) is 0.358. The number of aliphatic imine (C=N–C) groups is 1. The third kappa shape index (κ3) is 5.92. The molecule has 0 aliphatic heterocycles. The number of nitrogens with zero attached hydrogens (tertiary/aromatic N) is 1. The molecule has 0 aromatic heterocycles. The summed E-state index contributed by atoms with van der Waals surface area (Å²) in [4.78, 5) is 3.45. The van der Waals surface area contributed by atoms with Gasteiger partial charge in [0.25, 0.3) is 0 Å². The molecule has 0 fully saturated rings. The average molecular weight is 122 g/mol. The van der Waals surface area contributed by atoms with Gasteiger partial charge in [-0.2, -0.15) is 0 Å². The SMILES string of the molecule is CC(C)(O)N=CCl. The van der Waals surface area contributed by atoms with Crippen LogP contribution >= 0.6 is 11.6 Å². The van der Waals surface area contributed by atoms with Crippen molar-refractivity contribution in [3.63, 3.8) is 0 Å². The smallest absolute Gasteiger partial charge is 0.151 e. The van der Waals surface area contributed by atoms with E-state index < -0.39 is 5.72 Å². The second kappa shape index (κ2) is 2.28. The van der Waals surface area contributed by atoms with Crippen LogP contribution in [0.5, 0.6) is 0 Å². The van der Waals surface area contributed by atoms with Crippen molar-refractivity contribution in [1.82, 2.24) is 0 Å². The molecule has 0 heterocycles. The first-order valence-corrected chi connectivity index (χ1v) is 2.36. The Balaban J connectivity index is 3.56. The highest BCUT2D eigenvalue weighted by atomic mass is 35.5. The second-order valence-electron chi connectivity index (χ2n) is 1.72. The molecule has 3 heteroatoms. The van der Waals surface area contributed by atoms with Gasteiger partial charge in [0.1, 0.15) is 0 Å². The van der Waals surface area contributed by atoms with Gasteiger partial charge in [-0.1, -0.05) is 11.6 Å². The van der Waals surface area contributed by atoms with Crippen LogP contribution < -0.4 is 0 Å². The first-order valence-electron chi connectivity index (χ1n) is 1.92. The van der Waals surface area contributed by atoms with Crippen molar-refractivity contribution in [1.29, 1.82) is 0 Å². The van der Waals surface area contributed by atoms with E-state index in [0.717, 1.165) is 5.67 Å². The molecule has 0 rings (SSSR count). The number of aliphatic hydroxyl groups is 1. The van der Waals surface area contributed by atoms with Crippen LogP contribution in [0.15, 0.2) is 4.99 Å². The molecule has 0 spiro atoms. The number of rotatable bonds is 1. The van der Waals surface area contributed by atoms with Gasteiger partial charge in [-0.15, -0.1) is 0 Å². The summed E-state index contributed by atoms with van der Waals surface area (Å²) in [6, 6.07) is 0. The normalized spacial score (nSPS) is 13.1. The van der Waals surface area contributed by atoms with Gasteiger partial charge in [0.2, 0.25) is 0 Å². The lowest BCUT2D eigenvalue weighted by Crippen LogP contribution is -2.13. The third-order valence-corrected chi connectivity index (χ3v) is 0.462. The zero-order chi connectivity index (χ0) is 5.91. The maximum Gasteiger partial charge on any atom is 0.151 e. The number of hydrogen-bond acceptors (Lipinski definition) is 2. The standard InChI is InChI=1S/C4H8ClNO/c1-4(2,7)6-3-5/h3,7H,1-2H3. The quantitative estimate of drug-likeness (QED) is 0.516. The van der Waals surface area contributed by atoms with Crippen molar-refractivity contribution >= 4 is 17.3 Å². The molecule has 7 heavy (non-hydrogen) atoms. The molecule has 0 aromatic rings. The highest BCUT2D eigenvalue weighted by Crippen LogP contribution is 2.00. The van der Waals surface area contributed by atoms with Crippen LogP contribution in [-0.4, -0.2) is 16.5 Å². The van der Waals surface area contributed by atoms with E-state index in [2.05, 4.69) is 4.99 Å². The Bertz CT molecular complexity index is 74.2. The molecule has 0 aromatic carbocycles. The summed E-state index contributed by atoms with van der Waals surface area (Å²) >= 11 is 5.03. The van der Waals surface area contributed by atoms with Gasteiger partial charge >= 0.3 is 0 Å². The summed E-state index contributed by atoms with van der Waals surface area (Å²) < 4.78 is 0. The van der Waals surface area contributed by atoms with E-state index in [-0.39, 0.29) is 0 Å². The van der Waals surface area contributed by atoms with Crippen LogP contribution in [0.3, 0.4) is 0 Å². The van der Waals surface area contributed by atoms with E-state index in [4.69, 9.17) is 16.7 Å². The molecular formula is C4H8ClNO. The van der Waals surface area contributed by atoms with Gasteiger partial charge in [0.05, 0.1) is 5.67 Å². The monoisotopic (exact) mass is 121 g/mol. The maximum absolute atomic E-state index is 8.74. The van der Waals surface area contributed by atoms with Crippen LogP contribution in [0.4, 0.5) is 0 Å². The van der Waals surface area contributed by atoms with Gasteiger partial charge in [-0.25, -0.2) is 4.99 Å². The molecule has 2 nitrogen and oxygen atoms in total. The van der Waals surface area contributed by atoms with Gasteiger partial charge in [0, 0.05) is 0 Å². The molecule has 1 N–H and O–H groups in total. The minimum Gasteiger partial charge on any atom is -0.370 e. The fourth-order valence-electron chi connectivity index (χ4n) is 0.119. The minimum absolute atomic E-state index is 1.01. The van der Waals surface area contributed by atoms with E-state index >= 15 is 0 Å². The minimum atomic E-state index is -1.01. The van der Waals surface area contributed by atoms with Crippen LogP contribution in [-0.2, 0) is 0 Å². The molecule has 0 atom stereocenters. The van der Waals surface area contributed by atoms with Crippen molar-refractivity contribution in [3.05, 3.63) is 0 Å². The number of hydrogen-bond donors (Lipinski definition) is 1. The predicted molar refractivity (Wildman–Crippen MR) is 30.6 cm³/mol. The van der Waals surface area contributed by atoms with E-state index in [1.54, 1.807) is 13.8 Å². The average Bonchev–Trinajstić information content (AvgIpc) is 1.30. The third-order valence-electron chi connectivity index (χ3n) is 0.365. The molecule has 0 bridgehead atoms. The highest BCUT2D eigenvalue weighted by Gasteiger charge is 2.05. The van der Waals surface area contributed by atoms with E-state index in [1.165, 1.54) is 0 Å². The molecular weight excluding hydrogens is 114 g/mol. The molecule has 42 valence electrons. The molecule has 0 saturated carbocycles. The molecule has 0 radical (unpaired) electrons. The Morgan fingerprint density at radius 2 is 2.14 bits per heavy atom.